The minimum atomic E-state index is -0.911. The second-order valence-corrected chi connectivity index (χ2v) is 2.79. The van der Waals surface area contributed by atoms with Crippen molar-refractivity contribution in [2.24, 2.45) is 0 Å². The van der Waals surface area contributed by atoms with Crippen molar-refractivity contribution in [1.82, 2.24) is 4.98 Å². The third-order valence-corrected chi connectivity index (χ3v) is 1.34. The molecule has 0 aliphatic rings. The predicted molar refractivity (Wildman–Crippen MR) is 45.4 cm³/mol. The Kier molecular flexibility index (Phi) is 3.19. The number of pyridine rings is 1. The Balaban J connectivity index is 2.59. The fraction of sp³-hybridized carbons (Fsp3) is 0.444. The molecule has 0 aliphatic heterocycles. The summed E-state index contributed by atoms with van der Waals surface area (Å²) in [7, 11) is 0. The quantitative estimate of drug-likeness (QED) is 0.693. The largest absolute Gasteiger partial charge is 0.363 e. The average Bonchev–Trinajstić information content (AvgIpc) is 2.05. The van der Waals surface area contributed by atoms with Crippen molar-refractivity contribution >= 4 is 0 Å². The van der Waals surface area contributed by atoms with Gasteiger partial charge >= 0.3 is 0 Å². The van der Waals surface area contributed by atoms with E-state index in [-0.39, 0.29) is 6.10 Å². The molecule has 1 rings (SSSR count). The lowest BCUT2D eigenvalue weighted by molar-refractivity contribution is -0.131. The van der Waals surface area contributed by atoms with Crippen molar-refractivity contribution in [3.63, 3.8) is 0 Å². The molecule has 12 heavy (non-hydrogen) atoms. The molecule has 1 atom stereocenters. The highest BCUT2D eigenvalue weighted by molar-refractivity contribution is 5.04. The van der Waals surface area contributed by atoms with E-state index in [1.165, 1.54) is 0 Å². The van der Waals surface area contributed by atoms with Gasteiger partial charge in [0.2, 0.25) is 0 Å². The van der Waals surface area contributed by atoms with Crippen molar-refractivity contribution in [3.05, 3.63) is 30.1 Å². The summed E-state index contributed by atoms with van der Waals surface area (Å²) in [6.07, 6.45) is 0.718. The molecule has 1 unspecified atom stereocenters. The van der Waals surface area contributed by atoms with Crippen molar-refractivity contribution in [2.75, 3.05) is 0 Å². The molecule has 0 saturated heterocycles. The molecule has 0 saturated carbocycles. The van der Waals surface area contributed by atoms with E-state index in [2.05, 4.69) is 4.98 Å². The number of rotatable bonds is 3. The molecule has 0 fully saturated rings. The Labute approximate surface area is 72.0 Å². The van der Waals surface area contributed by atoms with Gasteiger partial charge in [0.05, 0.1) is 11.8 Å². The number of nitrogens with zero attached hydrogens (tertiary/aromatic N) is 1. The first kappa shape index (κ1) is 9.16. The maximum atomic E-state index is 9.41. The second-order valence-electron chi connectivity index (χ2n) is 2.79. The van der Waals surface area contributed by atoms with Crippen LogP contribution in [0.25, 0.3) is 0 Å². The van der Waals surface area contributed by atoms with Gasteiger partial charge in [0, 0.05) is 6.20 Å². The van der Waals surface area contributed by atoms with Crippen LogP contribution in [-0.2, 0) is 4.74 Å². The van der Waals surface area contributed by atoms with Crippen LogP contribution in [0, 0.1) is 0 Å². The minimum absolute atomic E-state index is 0.00186. The molecule has 1 aromatic rings. The standard InChI is InChI=1S/C9H13NO2/c1-7(2)12-9(11)8-5-3-4-6-10-8/h3-7,9,11H,1-2H3. The molecule has 3 nitrogen and oxygen atoms in total. The Hall–Kier alpha value is -0.930. The summed E-state index contributed by atoms with van der Waals surface area (Å²) in [5.74, 6) is 0. The summed E-state index contributed by atoms with van der Waals surface area (Å²) in [6, 6.07) is 5.34. The SMILES string of the molecule is CC(C)OC(O)c1ccccn1. The zero-order chi connectivity index (χ0) is 8.97. The van der Waals surface area contributed by atoms with Crippen LogP contribution in [0.5, 0.6) is 0 Å². The summed E-state index contributed by atoms with van der Waals surface area (Å²) >= 11 is 0. The van der Waals surface area contributed by atoms with E-state index < -0.39 is 6.29 Å². The maximum absolute atomic E-state index is 9.41. The first-order valence-corrected chi connectivity index (χ1v) is 3.94. The molecule has 0 aromatic carbocycles. The van der Waals surface area contributed by atoms with Gasteiger partial charge in [-0.05, 0) is 26.0 Å². The normalized spacial score (nSPS) is 13.3. The first-order valence-electron chi connectivity index (χ1n) is 3.94. The monoisotopic (exact) mass is 167 g/mol. The molecule has 0 radical (unpaired) electrons. The maximum Gasteiger partial charge on any atom is 0.198 e. The van der Waals surface area contributed by atoms with Crippen LogP contribution in [0.1, 0.15) is 25.8 Å². The lowest BCUT2D eigenvalue weighted by atomic mass is 10.3. The summed E-state index contributed by atoms with van der Waals surface area (Å²) in [5.41, 5.74) is 0.547. The third kappa shape index (κ3) is 2.60. The summed E-state index contributed by atoms with van der Waals surface area (Å²) in [4.78, 5) is 3.96. The highest BCUT2D eigenvalue weighted by Crippen LogP contribution is 2.12. The van der Waals surface area contributed by atoms with Crippen LogP contribution < -0.4 is 0 Å². The molecule has 0 spiro atoms. The lowest BCUT2D eigenvalue weighted by Crippen LogP contribution is -2.10. The van der Waals surface area contributed by atoms with Gasteiger partial charge in [-0.15, -0.1) is 0 Å². The summed E-state index contributed by atoms with van der Waals surface area (Å²) in [6.45, 7) is 3.73. The van der Waals surface area contributed by atoms with E-state index in [1.54, 1.807) is 18.3 Å². The molecule has 0 amide bonds. The predicted octanol–water partition coefficient (Wildman–Crippen LogP) is 1.50. The van der Waals surface area contributed by atoms with E-state index in [9.17, 15) is 5.11 Å². The average molecular weight is 167 g/mol. The molecule has 0 aliphatic carbocycles. The molecule has 1 heterocycles. The van der Waals surface area contributed by atoms with Crippen molar-refractivity contribution < 1.29 is 9.84 Å². The van der Waals surface area contributed by atoms with Gasteiger partial charge in [0.25, 0.3) is 0 Å². The van der Waals surface area contributed by atoms with Gasteiger partial charge in [-0.2, -0.15) is 0 Å². The summed E-state index contributed by atoms with van der Waals surface area (Å²) in [5, 5.41) is 9.41. The van der Waals surface area contributed by atoms with Crippen LogP contribution in [0.3, 0.4) is 0 Å². The molecular weight excluding hydrogens is 154 g/mol. The van der Waals surface area contributed by atoms with E-state index in [1.807, 2.05) is 19.9 Å². The number of aliphatic hydroxyl groups is 1. The number of hydrogen-bond donors (Lipinski definition) is 1. The van der Waals surface area contributed by atoms with Gasteiger partial charge in [0.15, 0.2) is 6.29 Å². The minimum Gasteiger partial charge on any atom is -0.363 e. The Bertz CT molecular complexity index is 223. The first-order chi connectivity index (χ1) is 5.70. The molecular formula is C9H13NO2. The Morgan fingerprint density at radius 1 is 1.42 bits per heavy atom. The van der Waals surface area contributed by atoms with Gasteiger partial charge in [-0.3, -0.25) is 4.98 Å². The lowest BCUT2D eigenvalue weighted by Gasteiger charge is -2.13. The van der Waals surface area contributed by atoms with E-state index >= 15 is 0 Å². The van der Waals surface area contributed by atoms with E-state index in [0.717, 1.165) is 0 Å². The highest BCUT2D eigenvalue weighted by Gasteiger charge is 2.09. The fourth-order valence-electron chi connectivity index (χ4n) is 0.850. The number of aliphatic hydroxyl groups excluding tert-OH is 1. The number of hydrogen-bond acceptors (Lipinski definition) is 3. The van der Waals surface area contributed by atoms with Crippen LogP contribution in [0.15, 0.2) is 24.4 Å². The fourth-order valence-corrected chi connectivity index (χ4v) is 0.850. The van der Waals surface area contributed by atoms with Gasteiger partial charge in [-0.1, -0.05) is 6.07 Å². The smallest absolute Gasteiger partial charge is 0.198 e. The van der Waals surface area contributed by atoms with Crippen LogP contribution >= 0.6 is 0 Å². The molecule has 0 bridgehead atoms. The summed E-state index contributed by atoms with van der Waals surface area (Å²) < 4.78 is 5.13. The van der Waals surface area contributed by atoms with Crippen LogP contribution in [-0.4, -0.2) is 16.2 Å². The topological polar surface area (TPSA) is 42.4 Å². The highest BCUT2D eigenvalue weighted by atomic mass is 16.6. The van der Waals surface area contributed by atoms with Gasteiger partial charge in [0.1, 0.15) is 0 Å². The van der Waals surface area contributed by atoms with E-state index in [0.29, 0.717) is 5.69 Å². The van der Waals surface area contributed by atoms with Gasteiger partial charge in [-0.25, -0.2) is 0 Å². The van der Waals surface area contributed by atoms with Crippen LogP contribution in [0.2, 0.25) is 0 Å². The molecule has 66 valence electrons. The van der Waals surface area contributed by atoms with Crippen molar-refractivity contribution in [1.29, 1.82) is 0 Å². The zero-order valence-electron chi connectivity index (χ0n) is 7.27. The van der Waals surface area contributed by atoms with Crippen LogP contribution in [0.4, 0.5) is 0 Å². The number of ether oxygens (including phenoxy) is 1. The van der Waals surface area contributed by atoms with Crippen molar-refractivity contribution in [3.8, 4) is 0 Å². The van der Waals surface area contributed by atoms with E-state index in [4.69, 9.17) is 4.74 Å². The number of aromatic nitrogens is 1. The molecule has 3 heteroatoms. The third-order valence-electron chi connectivity index (χ3n) is 1.34. The Morgan fingerprint density at radius 3 is 2.67 bits per heavy atom. The Morgan fingerprint density at radius 2 is 2.17 bits per heavy atom. The zero-order valence-corrected chi connectivity index (χ0v) is 7.27. The van der Waals surface area contributed by atoms with Gasteiger partial charge < -0.3 is 9.84 Å². The molecule has 1 aromatic heterocycles. The second kappa shape index (κ2) is 4.18. The van der Waals surface area contributed by atoms with Crippen molar-refractivity contribution in [2.45, 2.75) is 26.2 Å². The molecule has 1 N–H and O–H groups in total.